The summed E-state index contributed by atoms with van der Waals surface area (Å²) >= 11 is 0. The molecule has 1 aliphatic rings. The summed E-state index contributed by atoms with van der Waals surface area (Å²) in [6.45, 7) is 4.23. The van der Waals surface area contributed by atoms with E-state index in [4.69, 9.17) is 0 Å². The molecule has 1 saturated heterocycles. The van der Waals surface area contributed by atoms with Crippen molar-refractivity contribution in [1.29, 1.82) is 0 Å². The lowest BCUT2D eigenvalue weighted by Crippen LogP contribution is -2.45. The van der Waals surface area contributed by atoms with Gasteiger partial charge in [0.15, 0.2) is 0 Å². The van der Waals surface area contributed by atoms with Crippen LogP contribution in [0.3, 0.4) is 0 Å². The second-order valence-corrected chi connectivity index (χ2v) is 5.46. The molecule has 1 atom stereocenters. The molecule has 0 aromatic heterocycles. The fraction of sp³-hybridized carbons (Fsp3) is 0.923. The number of hydrogen-bond donors (Lipinski definition) is 1. The third-order valence-electron chi connectivity index (χ3n) is 3.29. The highest BCUT2D eigenvalue weighted by atomic mass is 19.4. The highest BCUT2D eigenvalue weighted by Crippen LogP contribution is 2.16. The van der Waals surface area contributed by atoms with E-state index in [0.717, 1.165) is 25.9 Å². The van der Waals surface area contributed by atoms with Gasteiger partial charge < -0.3 is 15.0 Å². The SMILES string of the molecule is CC(C)N(CC1CCCNC1)C(=O)COCC(F)(F)F. The summed E-state index contributed by atoms with van der Waals surface area (Å²) in [4.78, 5) is 13.6. The number of ether oxygens (including phenoxy) is 1. The summed E-state index contributed by atoms with van der Waals surface area (Å²) in [5, 5.41) is 3.26. The standard InChI is InChI=1S/C13H23F3N2O2/c1-10(2)18(7-11-4-3-5-17-6-11)12(19)8-20-9-13(14,15)16/h10-11,17H,3-9H2,1-2H3. The molecular formula is C13H23F3N2O2. The van der Waals surface area contributed by atoms with Crippen LogP contribution in [0.15, 0.2) is 0 Å². The Bertz CT molecular complexity index is 302. The van der Waals surface area contributed by atoms with Crippen LogP contribution in [0, 0.1) is 5.92 Å². The van der Waals surface area contributed by atoms with Crippen molar-refractivity contribution in [3.8, 4) is 0 Å². The van der Waals surface area contributed by atoms with Gasteiger partial charge in [-0.25, -0.2) is 0 Å². The number of piperidine rings is 1. The molecular weight excluding hydrogens is 273 g/mol. The number of carbonyl (C=O) groups excluding carboxylic acids is 1. The van der Waals surface area contributed by atoms with Gasteiger partial charge in [0, 0.05) is 12.6 Å². The maximum atomic E-state index is 12.0. The van der Waals surface area contributed by atoms with E-state index >= 15 is 0 Å². The van der Waals surface area contributed by atoms with Crippen LogP contribution in [0.4, 0.5) is 13.2 Å². The third-order valence-corrected chi connectivity index (χ3v) is 3.29. The second-order valence-electron chi connectivity index (χ2n) is 5.46. The van der Waals surface area contributed by atoms with Crippen molar-refractivity contribution >= 4 is 5.91 Å². The molecule has 118 valence electrons. The predicted molar refractivity (Wildman–Crippen MR) is 69.3 cm³/mol. The Morgan fingerprint density at radius 1 is 1.45 bits per heavy atom. The van der Waals surface area contributed by atoms with Gasteiger partial charge in [-0.1, -0.05) is 0 Å². The first-order valence-corrected chi connectivity index (χ1v) is 6.94. The molecule has 0 spiro atoms. The fourth-order valence-electron chi connectivity index (χ4n) is 2.30. The molecule has 1 heterocycles. The van der Waals surface area contributed by atoms with Crippen molar-refractivity contribution in [3.05, 3.63) is 0 Å². The zero-order valence-electron chi connectivity index (χ0n) is 12.0. The number of nitrogens with one attached hydrogen (secondary N) is 1. The molecule has 20 heavy (non-hydrogen) atoms. The van der Waals surface area contributed by atoms with Gasteiger partial charge >= 0.3 is 6.18 Å². The summed E-state index contributed by atoms with van der Waals surface area (Å²) in [5.74, 6) is -0.0208. The number of halogens is 3. The predicted octanol–water partition coefficient (Wildman–Crippen LogP) is 1.80. The van der Waals surface area contributed by atoms with E-state index in [2.05, 4.69) is 10.1 Å². The summed E-state index contributed by atoms with van der Waals surface area (Å²) in [6.07, 6.45) is -2.29. The van der Waals surface area contributed by atoms with Gasteiger partial charge in [0.05, 0.1) is 0 Å². The molecule has 1 N–H and O–H groups in total. The summed E-state index contributed by atoms with van der Waals surface area (Å²) in [7, 11) is 0. The summed E-state index contributed by atoms with van der Waals surface area (Å²) < 4.78 is 40.4. The van der Waals surface area contributed by atoms with Crippen LogP contribution >= 0.6 is 0 Å². The lowest BCUT2D eigenvalue weighted by molar-refractivity contribution is -0.178. The molecule has 0 bridgehead atoms. The minimum absolute atomic E-state index is 0.0427. The van der Waals surface area contributed by atoms with Gasteiger partial charge in [-0.2, -0.15) is 13.2 Å². The lowest BCUT2D eigenvalue weighted by atomic mass is 9.98. The van der Waals surface area contributed by atoms with E-state index in [-0.39, 0.29) is 11.9 Å². The van der Waals surface area contributed by atoms with E-state index in [1.807, 2.05) is 13.8 Å². The summed E-state index contributed by atoms with van der Waals surface area (Å²) in [6, 6.07) is -0.0427. The molecule has 1 aliphatic heterocycles. The molecule has 4 nitrogen and oxygen atoms in total. The van der Waals surface area contributed by atoms with Gasteiger partial charge in [0.25, 0.3) is 0 Å². The number of alkyl halides is 3. The Kier molecular flexibility index (Phi) is 6.75. The van der Waals surface area contributed by atoms with E-state index in [0.29, 0.717) is 12.5 Å². The molecule has 0 aromatic rings. The van der Waals surface area contributed by atoms with Crippen molar-refractivity contribution in [2.24, 2.45) is 5.92 Å². The largest absolute Gasteiger partial charge is 0.411 e. The van der Waals surface area contributed by atoms with Gasteiger partial charge in [-0.3, -0.25) is 4.79 Å². The molecule has 1 fully saturated rings. The highest BCUT2D eigenvalue weighted by molar-refractivity contribution is 5.77. The quantitative estimate of drug-likeness (QED) is 0.812. The molecule has 0 radical (unpaired) electrons. The van der Waals surface area contributed by atoms with Crippen LogP contribution in [-0.4, -0.2) is 55.9 Å². The highest BCUT2D eigenvalue weighted by Gasteiger charge is 2.29. The molecule has 1 unspecified atom stereocenters. The molecule has 1 amide bonds. The number of carbonyl (C=O) groups is 1. The maximum absolute atomic E-state index is 12.0. The number of hydrogen-bond acceptors (Lipinski definition) is 3. The Morgan fingerprint density at radius 3 is 2.65 bits per heavy atom. The van der Waals surface area contributed by atoms with E-state index in [1.165, 1.54) is 0 Å². The number of rotatable bonds is 6. The monoisotopic (exact) mass is 296 g/mol. The molecule has 0 saturated carbocycles. The van der Waals surface area contributed by atoms with Crippen molar-refractivity contribution in [2.45, 2.75) is 38.9 Å². The van der Waals surface area contributed by atoms with Gasteiger partial charge in [0.2, 0.25) is 5.91 Å². The normalized spacial score (nSPS) is 20.2. The first-order valence-electron chi connectivity index (χ1n) is 6.94. The van der Waals surface area contributed by atoms with E-state index in [9.17, 15) is 18.0 Å². The first kappa shape index (κ1) is 17.2. The topological polar surface area (TPSA) is 41.6 Å². The number of amides is 1. The zero-order valence-corrected chi connectivity index (χ0v) is 12.0. The Balaban J connectivity index is 2.41. The molecule has 0 aromatic carbocycles. The van der Waals surface area contributed by atoms with Crippen LogP contribution in [0.2, 0.25) is 0 Å². The molecule has 0 aliphatic carbocycles. The van der Waals surface area contributed by atoms with E-state index in [1.54, 1.807) is 4.90 Å². The van der Waals surface area contributed by atoms with Gasteiger partial charge in [-0.15, -0.1) is 0 Å². The minimum atomic E-state index is -4.39. The zero-order chi connectivity index (χ0) is 15.2. The van der Waals surface area contributed by atoms with Crippen LogP contribution in [0.1, 0.15) is 26.7 Å². The molecule has 1 rings (SSSR count). The van der Waals surface area contributed by atoms with Crippen LogP contribution < -0.4 is 5.32 Å². The van der Waals surface area contributed by atoms with E-state index < -0.39 is 19.4 Å². The van der Waals surface area contributed by atoms with Crippen LogP contribution in [0.25, 0.3) is 0 Å². The summed E-state index contributed by atoms with van der Waals surface area (Å²) in [5.41, 5.74) is 0. The van der Waals surface area contributed by atoms with Gasteiger partial charge in [-0.05, 0) is 45.7 Å². The average molecular weight is 296 g/mol. The fourth-order valence-corrected chi connectivity index (χ4v) is 2.30. The smallest absolute Gasteiger partial charge is 0.362 e. The average Bonchev–Trinajstić information content (AvgIpc) is 2.35. The maximum Gasteiger partial charge on any atom is 0.411 e. The molecule has 7 heteroatoms. The van der Waals surface area contributed by atoms with Crippen LogP contribution in [-0.2, 0) is 9.53 Å². The van der Waals surface area contributed by atoms with Crippen molar-refractivity contribution < 1.29 is 22.7 Å². The van der Waals surface area contributed by atoms with Crippen molar-refractivity contribution in [1.82, 2.24) is 10.2 Å². The Morgan fingerprint density at radius 2 is 2.15 bits per heavy atom. The van der Waals surface area contributed by atoms with Crippen LogP contribution in [0.5, 0.6) is 0 Å². The number of nitrogens with zero attached hydrogens (tertiary/aromatic N) is 1. The van der Waals surface area contributed by atoms with Crippen molar-refractivity contribution in [3.63, 3.8) is 0 Å². The first-order chi connectivity index (χ1) is 9.29. The van der Waals surface area contributed by atoms with Crippen molar-refractivity contribution in [2.75, 3.05) is 32.8 Å². The third kappa shape index (κ3) is 6.56. The Labute approximate surface area is 117 Å². The minimum Gasteiger partial charge on any atom is -0.362 e. The van der Waals surface area contributed by atoms with Gasteiger partial charge in [0.1, 0.15) is 13.2 Å². The lowest BCUT2D eigenvalue weighted by Gasteiger charge is -2.33. The second kappa shape index (κ2) is 7.83. The Hall–Kier alpha value is -0.820.